The summed E-state index contributed by atoms with van der Waals surface area (Å²) in [6.07, 6.45) is 7.77. The van der Waals surface area contributed by atoms with E-state index in [9.17, 15) is 4.79 Å². The first-order chi connectivity index (χ1) is 7.80. The Morgan fingerprint density at radius 1 is 1.38 bits per heavy atom. The average molecular weight is 239 g/mol. The molecule has 0 N–H and O–H groups in total. The van der Waals surface area contributed by atoms with Crippen molar-refractivity contribution in [2.45, 2.75) is 44.1 Å². The lowest BCUT2D eigenvalue weighted by Crippen LogP contribution is -2.27. The Labute approximate surface area is 99.8 Å². The van der Waals surface area contributed by atoms with Gasteiger partial charge in [0.15, 0.2) is 6.29 Å². The van der Waals surface area contributed by atoms with Crippen LogP contribution in [0.2, 0.25) is 0 Å². The zero-order valence-corrected chi connectivity index (χ0v) is 10.4. The maximum Gasteiger partial charge on any atom is 0.169 e. The number of thiazole rings is 1. The number of carbonyl (C=O) groups excluding carboxylic acids is 1. The molecule has 0 radical (unpaired) electrons. The number of rotatable bonds is 3. The van der Waals surface area contributed by atoms with E-state index in [0.717, 1.165) is 24.1 Å². The third-order valence-electron chi connectivity index (χ3n) is 3.33. The molecule has 1 aromatic rings. The van der Waals surface area contributed by atoms with E-state index in [-0.39, 0.29) is 5.60 Å². The Hall–Kier alpha value is -0.740. The van der Waals surface area contributed by atoms with Crippen molar-refractivity contribution in [3.05, 3.63) is 16.1 Å². The van der Waals surface area contributed by atoms with E-state index >= 15 is 0 Å². The molecule has 0 atom stereocenters. The van der Waals surface area contributed by atoms with Gasteiger partial charge in [0, 0.05) is 12.5 Å². The highest BCUT2D eigenvalue weighted by molar-refractivity contribution is 7.10. The molecule has 1 saturated carbocycles. The van der Waals surface area contributed by atoms with Crippen LogP contribution in [0.15, 0.2) is 5.38 Å². The molecule has 0 unspecified atom stereocenters. The molecule has 0 amide bonds. The molecular formula is C12H17NO2S. The van der Waals surface area contributed by atoms with E-state index < -0.39 is 0 Å². The lowest BCUT2D eigenvalue weighted by molar-refractivity contribution is -0.0280. The van der Waals surface area contributed by atoms with Crippen LogP contribution in [0.4, 0.5) is 0 Å². The largest absolute Gasteiger partial charge is 0.371 e. The van der Waals surface area contributed by atoms with Crippen molar-refractivity contribution in [1.29, 1.82) is 0 Å². The maximum atomic E-state index is 10.7. The van der Waals surface area contributed by atoms with Gasteiger partial charge in [-0.05, 0) is 12.8 Å². The number of hydrogen-bond donors (Lipinski definition) is 0. The number of hydrogen-bond acceptors (Lipinski definition) is 4. The van der Waals surface area contributed by atoms with E-state index in [1.54, 1.807) is 18.4 Å². The predicted octanol–water partition coefficient (Wildman–Crippen LogP) is 3.15. The van der Waals surface area contributed by atoms with Crippen LogP contribution in [0.25, 0.3) is 0 Å². The lowest BCUT2D eigenvalue weighted by Gasteiger charge is -2.28. The topological polar surface area (TPSA) is 39.2 Å². The van der Waals surface area contributed by atoms with Crippen LogP contribution in [-0.4, -0.2) is 18.4 Å². The van der Waals surface area contributed by atoms with Crippen LogP contribution >= 0.6 is 11.3 Å². The van der Waals surface area contributed by atoms with Crippen molar-refractivity contribution in [2.75, 3.05) is 7.11 Å². The Morgan fingerprint density at radius 3 is 2.56 bits per heavy atom. The number of aromatic nitrogens is 1. The van der Waals surface area contributed by atoms with Gasteiger partial charge in [-0.15, -0.1) is 11.3 Å². The molecule has 0 spiro atoms. The second-order valence-corrected chi connectivity index (χ2v) is 5.17. The van der Waals surface area contributed by atoms with Gasteiger partial charge in [0.25, 0.3) is 0 Å². The first kappa shape index (κ1) is 11.7. The van der Waals surface area contributed by atoms with Crippen LogP contribution in [-0.2, 0) is 10.3 Å². The van der Waals surface area contributed by atoms with Crippen molar-refractivity contribution in [1.82, 2.24) is 4.98 Å². The normalized spacial score (nSPS) is 20.3. The summed E-state index contributed by atoms with van der Waals surface area (Å²) in [6, 6.07) is 0. The molecule has 0 aromatic carbocycles. The van der Waals surface area contributed by atoms with E-state index in [1.807, 2.05) is 5.38 Å². The van der Waals surface area contributed by atoms with Crippen molar-refractivity contribution >= 4 is 17.6 Å². The zero-order chi connectivity index (χ0) is 11.4. The van der Waals surface area contributed by atoms with E-state index in [2.05, 4.69) is 4.98 Å². The van der Waals surface area contributed by atoms with Gasteiger partial charge in [0.1, 0.15) is 16.3 Å². The fourth-order valence-electron chi connectivity index (χ4n) is 2.35. The summed E-state index contributed by atoms with van der Waals surface area (Å²) >= 11 is 1.55. The molecule has 4 heteroatoms. The lowest BCUT2D eigenvalue weighted by atomic mass is 9.95. The Balaban J connectivity index is 2.27. The second kappa shape index (κ2) is 5.06. The SMILES string of the molecule is COC1(c2nc(C=O)cs2)CCCCCC1. The zero-order valence-electron chi connectivity index (χ0n) is 9.57. The van der Waals surface area contributed by atoms with Crippen molar-refractivity contribution in [3.63, 3.8) is 0 Å². The van der Waals surface area contributed by atoms with Crippen LogP contribution in [0.1, 0.15) is 54.0 Å². The number of ether oxygens (including phenoxy) is 1. The van der Waals surface area contributed by atoms with Crippen LogP contribution in [0, 0.1) is 0 Å². The first-order valence-corrected chi connectivity index (χ1v) is 6.65. The van der Waals surface area contributed by atoms with Gasteiger partial charge < -0.3 is 4.74 Å². The van der Waals surface area contributed by atoms with Gasteiger partial charge in [-0.1, -0.05) is 25.7 Å². The summed E-state index contributed by atoms with van der Waals surface area (Å²) in [5, 5.41) is 2.78. The molecule has 88 valence electrons. The minimum Gasteiger partial charge on any atom is -0.371 e. The number of methoxy groups -OCH3 is 1. The summed E-state index contributed by atoms with van der Waals surface area (Å²) in [6.45, 7) is 0. The minimum absolute atomic E-state index is 0.234. The first-order valence-electron chi connectivity index (χ1n) is 5.77. The monoisotopic (exact) mass is 239 g/mol. The molecule has 0 saturated heterocycles. The van der Waals surface area contributed by atoms with Crippen molar-refractivity contribution in [3.8, 4) is 0 Å². The average Bonchev–Trinajstić information content (AvgIpc) is 2.68. The van der Waals surface area contributed by atoms with Gasteiger partial charge in [-0.2, -0.15) is 0 Å². The third-order valence-corrected chi connectivity index (χ3v) is 4.38. The molecule has 2 rings (SSSR count). The Kier molecular flexibility index (Phi) is 3.71. The summed E-state index contributed by atoms with van der Waals surface area (Å²) in [5.74, 6) is 0. The van der Waals surface area contributed by atoms with E-state index in [4.69, 9.17) is 4.74 Å². The fourth-order valence-corrected chi connectivity index (χ4v) is 3.36. The summed E-state index contributed by atoms with van der Waals surface area (Å²) < 4.78 is 5.73. The summed E-state index contributed by atoms with van der Waals surface area (Å²) in [4.78, 5) is 15.0. The minimum atomic E-state index is -0.234. The third kappa shape index (κ3) is 2.18. The van der Waals surface area contributed by atoms with Crippen LogP contribution in [0.3, 0.4) is 0 Å². The van der Waals surface area contributed by atoms with E-state index in [1.165, 1.54) is 25.7 Å². The van der Waals surface area contributed by atoms with Gasteiger partial charge in [-0.25, -0.2) is 4.98 Å². The Morgan fingerprint density at radius 2 is 2.06 bits per heavy atom. The van der Waals surface area contributed by atoms with Crippen molar-refractivity contribution < 1.29 is 9.53 Å². The molecule has 0 bridgehead atoms. The standard InChI is InChI=1S/C12H17NO2S/c1-15-12(6-4-2-3-5-7-12)11-13-10(8-14)9-16-11/h8-9H,2-7H2,1H3. The van der Waals surface area contributed by atoms with Gasteiger partial charge in [0.2, 0.25) is 0 Å². The highest BCUT2D eigenvalue weighted by atomic mass is 32.1. The summed E-state index contributed by atoms with van der Waals surface area (Å²) in [5.41, 5.74) is 0.295. The molecule has 0 aliphatic heterocycles. The van der Waals surface area contributed by atoms with Gasteiger partial charge in [-0.3, -0.25) is 4.79 Å². The molecule has 1 aromatic heterocycles. The summed E-state index contributed by atoms with van der Waals surface area (Å²) in [7, 11) is 1.76. The van der Waals surface area contributed by atoms with Crippen LogP contribution < -0.4 is 0 Å². The molecule has 16 heavy (non-hydrogen) atoms. The van der Waals surface area contributed by atoms with E-state index in [0.29, 0.717) is 5.69 Å². The van der Waals surface area contributed by atoms with Gasteiger partial charge >= 0.3 is 0 Å². The number of nitrogens with zero attached hydrogens (tertiary/aromatic N) is 1. The molecule has 1 fully saturated rings. The maximum absolute atomic E-state index is 10.7. The molecule has 1 heterocycles. The molecule has 3 nitrogen and oxygen atoms in total. The fraction of sp³-hybridized carbons (Fsp3) is 0.667. The van der Waals surface area contributed by atoms with Gasteiger partial charge in [0.05, 0.1) is 0 Å². The van der Waals surface area contributed by atoms with Crippen molar-refractivity contribution in [2.24, 2.45) is 0 Å². The Bertz CT molecular complexity index is 354. The number of carbonyl (C=O) groups is 1. The molecule has 1 aliphatic rings. The predicted molar refractivity (Wildman–Crippen MR) is 63.9 cm³/mol. The highest BCUT2D eigenvalue weighted by Crippen LogP contribution is 2.40. The second-order valence-electron chi connectivity index (χ2n) is 4.31. The van der Waals surface area contributed by atoms with Crippen LogP contribution in [0.5, 0.6) is 0 Å². The number of aldehydes is 1. The smallest absolute Gasteiger partial charge is 0.169 e. The molecular weight excluding hydrogens is 222 g/mol. The highest BCUT2D eigenvalue weighted by Gasteiger charge is 2.35. The molecule has 1 aliphatic carbocycles. The quantitative estimate of drug-likeness (QED) is 0.601.